The molecule has 0 aliphatic carbocycles. The average molecular weight is 278 g/mol. The van der Waals surface area contributed by atoms with E-state index in [0.717, 1.165) is 0 Å². The van der Waals surface area contributed by atoms with Crippen molar-refractivity contribution in [2.24, 2.45) is 0 Å². The Morgan fingerprint density at radius 3 is 2.40 bits per heavy atom. The third-order valence-corrected chi connectivity index (χ3v) is 2.53. The first-order valence-electron chi connectivity index (χ1n) is 6.19. The fourth-order valence-electron chi connectivity index (χ4n) is 1.66. The highest BCUT2D eigenvalue weighted by Crippen LogP contribution is 2.08. The molecule has 0 aliphatic rings. The minimum Gasteiger partial charge on any atom is -0.478 e. The van der Waals surface area contributed by atoms with Crippen LogP contribution in [0.4, 0.5) is 0 Å². The number of carboxylic acid groups (broad SMARTS) is 1. The highest BCUT2D eigenvalue weighted by atomic mass is 16.4. The number of carbonyl (C=O) groups is 3. The van der Waals surface area contributed by atoms with Gasteiger partial charge in [-0.05, 0) is 32.0 Å². The van der Waals surface area contributed by atoms with Crippen LogP contribution in [-0.2, 0) is 4.79 Å². The molecule has 0 atom stereocenters. The molecular formula is C14H18N2O4. The second-order valence-electron chi connectivity index (χ2n) is 4.77. The van der Waals surface area contributed by atoms with Crippen molar-refractivity contribution in [3.05, 3.63) is 35.4 Å². The van der Waals surface area contributed by atoms with Gasteiger partial charge in [-0.1, -0.05) is 6.07 Å². The van der Waals surface area contributed by atoms with Gasteiger partial charge in [0.1, 0.15) is 0 Å². The van der Waals surface area contributed by atoms with Gasteiger partial charge in [-0.25, -0.2) is 4.79 Å². The molecule has 0 radical (unpaired) electrons. The van der Waals surface area contributed by atoms with Crippen LogP contribution in [0.2, 0.25) is 0 Å². The minimum atomic E-state index is -1.10. The van der Waals surface area contributed by atoms with Crippen LogP contribution in [-0.4, -0.2) is 47.4 Å². The number of nitrogens with zero attached hydrogens (tertiary/aromatic N) is 1. The molecule has 0 fully saturated rings. The summed E-state index contributed by atoms with van der Waals surface area (Å²) in [6.45, 7) is 3.58. The maximum Gasteiger partial charge on any atom is 0.335 e. The fourth-order valence-corrected chi connectivity index (χ4v) is 1.66. The summed E-state index contributed by atoms with van der Waals surface area (Å²) in [7, 11) is 1.50. The lowest BCUT2D eigenvalue weighted by molar-refractivity contribution is -0.122. The Bertz CT molecular complexity index is 526. The molecule has 1 rings (SSSR count). The van der Waals surface area contributed by atoms with Crippen LogP contribution in [0.15, 0.2) is 24.3 Å². The first-order chi connectivity index (χ1) is 9.31. The van der Waals surface area contributed by atoms with E-state index in [4.69, 9.17) is 5.11 Å². The lowest BCUT2D eigenvalue weighted by Crippen LogP contribution is -2.40. The molecule has 0 aliphatic heterocycles. The predicted octanol–water partition coefficient (Wildman–Crippen LogP) is 0.981. The summed E-state index contributed by atoms with van der Waals surface area (Å²) in [5.41, 5.74) is 0.278. The number of nitrogens with one attached hydrogen (secondary N) is 1. The van der Waals surface area contributed by atoms with Crippen LogP contribution in [0.3, 0.4) is 0 Å². The van der Waals surface area contributed by atoms with E-state index in [0.29, 0.717) is 0 Å². The Labute approximate surface area is 117 Å². The topological polar surface area (TPSA) is 86.7 Å². The molecule has 108 valence electrons. The largest absolute Gasteiger partial charge is 0.478 e. The number of likely N-dealkylation sites (N-methyl/N-ethyl adjacent to an activating group) is 1. The third-order valence-electron chi connectivity index (χ3n) is 2.53. The van der Waals surface area contributed by atoms with E-state index in [-0.39, 0.29) is 29.6 Å². The van der Waals surface area contributed by atoms with Crippen molar-refractivity contribution >= 4 is 17.8 Å². The van der Waals surface area contributed by atoms with E-state index in [9.17, 15) is 14.4 Å². The van der Waals surface area contributed by atoms with Crippen molar-refractivity contribution in [2.45, 2.75) is 19.9 Å². The number of carboxylic acids is 1. The van der Waals surface area contributed by atoms with Gasteiger partial charge in [-0.15, -0.1) is 0 Å². The van der Waals surface area contributed by atoms with Gasteiger partial charge in [0.2, 0.25) is 5.91 Å². The number of aromatic carboxylic acids is 1. The Kier molecular flexibility index (Phi) is 5.25. The van der Waals surface area contributed by atoms with Crippen molar-refractivity contribution in [1.29, 1.82) is 0 Å². The first-order valence-corrected chi connectivity index (χ1v) is 6.19. The van der Waals surface area contributed by atoms with Crippen molar-refractivity contribution < 1.29 is 19.5 Å². The highest BCUT2D eigenvalue weighted by Gasteiger charge is 2.16. The molecule has 2 N–H and O–H groups in total. The number of benzene rings is 1. The number of hydrogen-bond acceptors (Lipinski definition) is 3. The van der Waals surface area contributed by atoms with Crippen molar-refractivity contribution in [1.82, 2.24) is 10.2 Å². The summed E-state index contributed by atoms with van der Waals surface area (Å²) >= 11 is 0. The quantitative estimate of drug-likeness (QED) is 0.840. The molecule has 0 unspecified atom stereocenters. The maximum absolute atomic E-state index is 12.1. The van der Waals surface area contributed by atoms with Gasteiger partial charge in [0.05, 0.1) is 12.1 Å². The molecule has 6 nitrogen and oxygen atoms in total. The van der Waals surface area contributed by atoms with E-state index < -0.39 is 11.9 Å². The molecule has 0 saturated carbocycles. The molecule has 20 heavy (non-hydrogen) atoms. The van der Waals surface area contributed by atoms with Gasteiger partial charge in [-0.2, -0.15) is 0 Å². The summed E-state index contributed by atoms with van der Waals surface area (Å²) in [4.78, 5) is 35.8. The molecule has 6 heteroatoms. The lowest BCUT2D eigenvalue weighted by atomic mass is 10.1. The number of hydrogen-bond donors (Lipinski definition) is 2. The zero-order valence-corrected chi connectivity index (χ0v) is 11.7. The summed E-state index contributed by atoms with van der Waals surface area (Å²) < 4.78 is 0. The van der Waals surface area contributed by atoms with Gasteiger partial charge >= 0.3 is 5.97 Å². The maximum atomic E-state index is 12.1. The van der Waals surface area contributed by atoms with Crippen molar-refractivity contribution in [3.63, 3.8) is 0 Å². The molecule has 2 amide bonds. The summed E-state index contributed by atoms with van der Waals surface area (Å²) in [5.74, 6) is -1.75. The second kappa shape index (κ2) is 6.70. The van der Waals surface area contributed by atoms with Crippen LogP contribution in [0.1, 0.15) is 34.6 Å². The smallest absolute Gasteiger partial charge is 0.335 e. The Balaban J connectivity index is 2.76. The number of amides is 2. The molecular weight excluding hydrogens is 260 g/mol. The first kappa shape index (κ1) is 15.7. The molecule has 0 heterocycles. The van der Waals surface area contributed by atoms with Crippen LogP contribution >= 0.6 is 0 Å². The number of rotatable bonds is 5. The van der Waals surface area contributed by atoms with Crippen LogP contribution in [0.25, 0.3) is 0 Å². The fraction of sp³-hybridized carbons (Fsp3) is 0.357. The van der Waals surface area contributed by atoms with E-state index >= 15 is 0 Å². The summed E-state index contributed by atoms with van der Waals surface area (Å²) in [6.07, 6.45) is 0. The minimum absolute atomic E-state index is 0.00124. The molecule has 0 spiro atoms. The summed E-state index contributed by atoms with van der Waals surface area (Å²) in [5, 5.41) is 11.6. The van der Waals surface area contributed by atoms with E-state index in [1.807, 2.05) is 13.8 Å². The normalized spacial score (nSPS) is 10.2. The van der Waals surface area contributed by atoms with Gasteiger partial charge in [0.25, 0.3) is 5.91 Å². The third kappa shape index (κ3) is 4.38. The van der Waals surface area contributed by atoms with E-state index in [1.54, 1.807) is 0 Å². The van der Waals surface area contributed by atoms with E-state index in [1.165, 1.54) is 36.2 Å². The van der Waals surface area contributed by atoms with Crippen LogP contribution in [0.5, 0.6) is 0 Å². The zero-order chi connectivity index (χ0) is 15.3. The van der Waals surface area contributed by atoms with E-state index in [2.05, 4.69) is 5.32 Å². The molecule has 1 aromatic carbocycles. The number of carbonyl (C=O) groups excluding carboxylic acids is 2. The molecule has 0 aromatic heterocycles. The second-order valence-corrected chi connectivity index (χ2v) is 4.77. The SMILES string of the molecule is CC(C)NC(=O)CN(C)C(=O)c1cccc(C(=O)O)c1. The van der Waals surface area contributed by atoms with Crippen molar-refractivity contribution in [2.75, 3.05) is 13.6 Å². The molecule has 0 bridgehead atoms. The van der Waals surface area contributed by atoms with Gasteiger partial charge < -0.3 is 15.3 Å². The average Bonchev–Trinajstić information content (AvgIpc) is 2.36. The lowest BCUT2D eigenvalue weighted by Gasteiger charge is -2.18. The molecule has 0 saturated heterocycles. The molecule has 1 aromatic rings. The zero-order valence-electron chi connectivity index (χ0n) is 11.7. The highest BCUT2D eigenvalue weighted by molar-refractivity contribution is 5.98. The van der Waals surface area contributed by atoms with Gasteiger partial charge in [0.15, 0.2) is 0 Å². The van der Waals surface area contributed by atoms with Crippen LogP contribution < -0.4 is 5.32 Å². The Morgan fingerprint density at radius 2 is 1.85 bits per heavy atom. The van der Waals surface area contributed by atoms with Gasteiger partial charge in [0, 0.05) is 18.7 Å². The van der Waals surface area contributed by atoms with Crippen molar-refractivity contribution in [3.8, 4) is 0 Å². The summed E-state index contributed by atoms with van der Waals surface area (Å²) in [6, 6.07) is 5.72. The van der Waals surface area contributed by atoms with Gasteiger partial charge in [-0.3, -0.25) is 9.59 Å². The predicted molar refractivity (Wildman–Crippen MR) is 73.6 cm³/mol. The monoisotopic (exact) mass is 278 g/mol. The Hall–Kier alpha value is -2.37. The Morgan fingerprint density at radius 1 is 1.25 bits per heavy atom. The van der Waals surface area contributed by atoms with Crippen LogP contribution in [0, 0.1) is 0 Å². The standard InChI is InChI=1S/C14H18N2O4/c1-9(2)15-12(17)8-16(3)13(18)10-5-4-6-11(7-10)14(19)20/h4-7,9H,8H2,1-3H3,(H,15,17)(H,19,20).